The minimum atomic E-state index is -3.79. The van der Waals surface area contributed by atoms with Crippen molar-refractivity contribution >= 4 is 33.2 Å². The summed E-state index contributed by atoms with van der Waals surface area (Å²) in [4.78, 5) is 27.2. The van der Waals surface area contributed by atoms with Crippen LogP contribution < -0.4 is 10.2 Å². The van der Waals surface area contributed by atoms with Crippen molar-refractivity contribution in [2.24, 2.45) is 5.92 Å². The zero-order valence-corrected chi connectivity index (χ0v) is 19.2. The van der Waals surface area contributed by atoms with Gasteiger partial charge in [-0.3, -0.25) is 9.59 Å². The number of carbonyl (C=O) groups excluding carboxylic acids is 2. The first-order chi connectivity index (χ1) is 15.8. The van der Waals surface area contributed by atoms with Crippen molar-refractivity contribution in [2.45, 2.75) is 24.7 Å². The van der Waals surface area contributed by atoms with E-state index >= 15 is 0 Å². The second kappa shape index (κ2) is 9.50. The number of aryl methyl sites for hydroxylation is 1. The fraction of sp³-hybridized carbons (Fsp3) is 0.391. The highest BCUT2D eigenvalue weighted by molar-refractivity contribution is 7.89. The Morgan fingerprint density at radius 3 is 2.64 bits per heavy atom. The topological polar surface area (TPSA) is 116 Å². The zero-order valence-electron chi connectivity index (χ0n) is 18.4. The molecule has 2 aliphatic rings. The van der Waals surface area contributed by atoms with Gasteiger partial charge in [-0.2, -0.15) is 4.31 Å². The molecule has 2 aromatic rings. The van der Waals surface area contributed by atoms with E-state index in [-0.39, 0.29) is 48.3 Å². The maximum atomic E-state index is 12.9. The Kier molecular flexibility index (Phi) is 6.68. The number of amides is 2. The minimum absolute atomic E-state index is 0.00538. The van der Waals surface area contributed by atoms with Gasteiger partial charge in [-0.05, 0) is 36.2 Å². The summed E-state index contributed by atoms with van der Waals surface area (Å²) in [5.41, 5.74) is 1.81. The second-order valence-electron chi connectivity index (χ2n) is 8.07. The van der Waals surface area contributed by atoms with E-state index in [1.54, 1.807) is 4.90 Å². The fourth-order valence-corrected chi connectivity index (χ4v) is 5.57. The van der Waals surface area contributed by atoms with E-state index in [1.807, 2.05) is 31.2 Å². The summed E-state index contributed by atoms with van der Waals surface area (Å²) in [7, 11) is -3.79. The largest absolute Gasteiger partial charge is 0.506 e. The number of hydrogen-bond acceptors (Lipinski definition) is 6. The molecule has 2 aromatic carbocycles. The van der Waals surface area contributed by atoms with Crippen LogP contribution in [-0.4, -0.2) is 62.5 Å². The summed E-state index contributed by atoms with van der Waals surface area (Å²) in [5.74, 6) is -1.47. The number of para-hydroxylation sites is 1. The molecule has 0 bridgehead atoms. The highest BCUT2D eigenvalue weighted by atomic mass is 32.2. The number of sulfonamides is 1. The van der Waals surface area contributed by atoms with Crippen LogP contribution in [0.25, 0.3) is 0 Å². The van der Waals surface area contributed by atoms with Crippen LogP contribution in [0.2, 0.25) is 0 Å². The predicted molar refractivity (Wildman–Crippen MR) is 123 cm³/mol. The lowest BCUT2D eigenvalue weighted by Gasteiger charge is -2.26. The van der Waals surface area contributed by atoms with Crippen molar-refractivity contribution in [3.05, 3.63) is 48.0 Å². The maximum Gasteiger partial charge on any atom is 0.243 e. The quantitative estimate of drug-likeness (QED) is 0.620. The van der Waals surface area contributed by atoms with Crippen LogP contribution in [0.4, 0.5) is 11.4 Å². The summed E-state index contributed by atoms with van der Waals surface area (Å²) >= 11 is 0. The normalized spacial score (nSPS) is 19.6. The molecule has 0 saturated carbocycles. The van der Waals surface area contributed by atoms with E-state index in [0.717, 1.165) is 17.7 Å². The third kappa shape index (κ3) is 4.73. The standard InChI is InChI=1S/C23H27N3O6S/c1-2-16-5-3-4-6-20(16)26-15-17(13-22(26)28)23(29)24-19-14-18(7-8-21(19)27)33(30,31)25-9-11-32-12-10-25/h3-8,14,17,27H,2,9-13,15H2,1H3,(H,24,29)/t17-/m1/s1. The molecule has 0 aromatic heterocycles. The highest BCUT2D eigenvalue weighted by Gasteiger charge is 2.36. The Labute approximate surface area is 193 Å². The van der Waals surface area contributed by atoms with E-state index in [9.17, 15) is 23.1 Å². The molecule has 9 nitrogen and oxygen atoms in total. The number of anilines is 2. The first-order valence-corrected chi connectivity index (χ1v) is 12.3. The van der Waals surface area contributed by atoms with Gasteiger partial charge in [0.05, 0.1) is 29.7 Å². The van der Waals surface area contributed by atoms with E-state index in [4.69, 9.17) is 4.74 Å². The van der Waals surface area contributed by atoms with Crippen molar-refractivity contribution in [1.29, 1.82) is 0 Å². The van der Waals surface area contributed by atoms with Crippen LogP contribution in [0.15, 0.2) is 47.4 Å². The van der Waals surface area contributed by atoms with Crippen LogP contribution in [-0.2, 0) is 30.8 Å². The average Bonchev–Trinajstić information content (AvgIpc) is 3.22. The number of nitrogens with zero attached hydrogens (tertiary/aromatic N) is 2. The van der Waals surface area contributed by atoms with Crippen LogP contribution in [0.1, 0.15) is 18.9 Å². The van der Waals surface area contributed by atoms with Gasteiger partial charge < -0.3 is 20.1 Å². The number of morpholine rings is 1. The number of ether oxygens (including phenoxy) is 1. The lowest BCUT2D eigenvalue weighted by Crippen LogP contribution is -2.40. The van der Waals surface area contributed by atoms with Gasteiger partial charge in [-0.25, -0.2) is 8.42 Å². The maximum absolute atomic E-state index is 12.9. The molecule has 1 atom stereocenters. The Bertz CT molecular complexity index is 1160. The smallest absolute Gasteiger partial charge is 0.243 e. The van der Waals surface area contributed by atoms with Gasteiger partial charge in [0.15, 0.2) is 0 Å². The van der Waals surface area contributed by atoms with Gasteiger partial charge in [0.1, 0.15) is 5.75 Å². The molecule has 2 aliphatic heterocycles. The second-order valence-corrected chi connectivity index (χ2v) is 10.0. The van der Waals surface area contributed by atoms with E-state index in [1.165, 1.54) is 22.5 Å². The molecule has 4 rings (SSSR count). The Morgan fingerprint density at radius 2 is 1.91 bits per heavy atom. The molecule has 2 N–H and O–H groups in total. The van der Waals surface area contributed by atoms with Crippen LogP contribution >= 0.6 is 0 Å². The predicted octanol–water partition coefficient (Wildman–Crippen LogP) is 1.97. The minimum Gasteiger partial charge on any atom is -0.506 e. The molecule has 2 heterocycles. The van der Waals surface area contributed by atoms with Crippen molar-refractivity contribution in [3.63, 3.8) is 0 Å². The third-order valence-corrected chi connectivity index (χ3v) is 7.89. The van der Waals surface area contributed by atoms with Crippen molar-refractivity contribution in [1.82, 2.24) is 4.31 Å². The van der Waals surface area contributed by atoms with Crippen molar-refractivity contribution in [2.75, 3.05) is 43.1 Å². The number of phenolic OH excluding ortho intramolecular Hbond substituents is 1. The molecule has 0 unspecified atom stereocenters. The number of rotatable bonds is 6. The molecular weight excluding hydrogens is 446 g/mol. The average molecular weight is 474 g/mol. The van der Waals surface area contributed by atoms with Gasteiger partial charge in [-0.1, -0.05) is 25.1 Å². The van der Waals surface area contributed by atoms with Crippen molar-refractivity contribution in [3.8, 4) is 5.75 Å². The molecule has 10 heteroatoms. The summed E-state index contributed by atoms with van der Waals surface area (Å²) < 4.78 is 32.4. The molecule has 2 amide bonds. The van der Waals surface area contributed by atoms with Gasteiger partial charge in [0, 0.05) is 31.7 Å². The van der Waals surface area contributed by atoms with Crippen LogP contribution in [0.3, 0.4) is 0 Å². The number of aromatic hydroxyl groups is 1. The van der Waals surface area contributed by atoms with Gasteiger partial charge in [0.25, 0.3) is 0 Å². The fourth-order valence-electron chi connectivity index (χ4n) is 4.14. The molecule has 0 aliphatic carbocycles. The lowest BCUT2D eigenvalue weighted by molar-refractivity contribution is -0.122. The SMILES string of the molecule is CCc1ccccc1N1C[C@H](C(=O)Nc2cc(S(=O)(=O)N3CCOCC3)ccc2O)CC1=O. The Balaban J connectivity index is 1.51. The summed E-state index contributed by atoms with van der Waals surface area (Å²) in [5, 5.41) is 12.8. The Hall–Kier alpha value is -2.95. The monoisotopic (exact) mass is 473 g/mol. The number of carbonyl (C=O) groups is 2. The lowest BCUT2D eigenvalue weighted by atomic mass is 10.1. The number of hydrogen-bond donors (Lipinski definition) is 2. The van der Waals surface area contributed by atoms with Crippen molar-refractivity contribution < 1.29 is 27.9 Å². The summed E-state index contributed by atoms with van der Waals surface area (Å²) in [6, 6.07) is 11.4. The molecule has 2 fully saturated rings. The Morgan fingerprint density at radius 1 is 1.18 bits per heavy atom. The number of benzene rings is 2. The molecule has 0 spiro atoms. The van der Waals surface area contributed by atoms with E-state index < -0.39 is 21.8 Å². The number of phenols is 1. The first-order valence-electron chi connectivity index (χ1n) is 10.9. The molecular formula is C23H27N3O6S. The van der Waals surface area contributed by atoms with Gasteiger partial charge >= 0.3 is 0 Å². The first kappa shape index (κ1) is 23.2. The summed E-state index contributed by atoms with van der Waals surface area (Å²) in [6.45, 7) is 3.33. The molecule has 2 saturated heterocycles. The van der Waals surface area contributed by atoms with Crippen LogP contribution in [0, 0.1) is 5.92 Å². The van der Waals surface area contributed by atoms with E-state index in [0.29, 0.717) is 13.2 Å². The van der Waals surface area contributed by atoms with E-state index in [2.05, 4.69) is 5.32 Å². The van der Waals surface area contributed by atoms with Gasteiger partial charge in [0.2, 0.25) is 21.8 Å². The third-order valence-electron chi connectivity index (χ3n) is 5.99. The molecule has 176 valence electrons. The molecule has 33 heavy (non-hydrogen) atoms. The number of nitrogens with one attached hydrogen (secondary N) is 1. The van der Waals surface area contributed by atoms with Crippen LogP contribution in [0.5, 0.6) is 5.75 Å². The summed E-state index contributed by atoms with van der Waals surface area (Å²) in [6.07, 6.45) is 0.797. The molecule has 0 radical (unpaired) electrons. The zero-order chi connectivity index (χ0) is 23.6. The van der Waals surface area contributed by atoms with Gasteiger partial charge in [-0.15, -0.1) is 0 Å². The highest BCUT2D eigenvalue weighted by Crippen LogP contribution is 2.32.